The van der Waals surface area contributed by atoms with Gasteiger partial charge >= 0.3 is 0 Å². The van der Waals surface area contributed by atoms with Crippen molar-refractivity contribution in [3.63, 3.8) is 0 Å². The smallest absolute Gasteiger partial charge is 0.244 e. The number of carbonyl (C=O) groups is 2. The van der Waals surface area contributed by atoms with Crippen LogP contribution in [0.4, 0.5) is 5.69 Å². The highest BCUT2D eigenvalue weighted by atomic mass is 32.2. The molecule has 1 atom stereocenters. The minimum Gasteiger partial charge on any atom is -0.497 e. The van der Waals surface area contributed by atoms with Gasteiger partial charge in [-0.05, 0) is 52.3 Å². The van der Waals surface area contributed by atoms with Gasteiger partial charge in [-0.2, -0.15) is 0 Å². The quantitative estimate of drug-likeness (QED) is 0.517. The lowest BCUT2D eigenvalue weighted by atomic mass is 10.1. The third kappa shape index (κ3) is 7.87. The Morgan fingerprint density at radius 1 is 1.03 bits per heavy atom. The average molecular weight is 520 g/mol. The molecule has 9 nitrogen and oxygen atoms in total. The van der Waals surface area contributed by atoms with Crippen molar-refractivity contribution < 1.29 is 27.5 Å². The van der Waals surface area contributed by atoms with Gasteiger partial charge in [0.1, 0.15) is 24.1 Å². The van der Waals surface area contributed by atoms with Gasteiger partial charge < -0.3 is 19.7 Å². The molecule has 0 saturated carbocycles. The monoisotopic (exact) mass is 519 g/mol. The molecule has 0 heterocycles. The number of ether oxygens (including phenoxy) is 2. The van der Waals surface area contributed by atoms with Gasteiger partial charge in [0.15, 0.2) is 0 Å². The number of carbonyl (C=O) groups excluding carboxylic acids is 2. The van der Waals surface area contributed by atoms with Gasteiger partial charge in [0.05, 0.1) is 26.2 Å². The lowest BCUT2D eigenvalue weighted by Gasteiger charge is -2.33. The molecule has 0 saturated heterocycles. The number of hydrogen-bond acceptors (Lipinski definition) is 6. The number of amides is 2. The Kier molecular flexibility index (Phi) is 9.37. The van der Waals surface area contributed by atoms with Gasteiger partial charge in [-0.25, -0.2) is 8.42 Å². The molecular formula is C26H37N3O6S. The molecule has 0 aliphatic carbocycles. The number of anilines is 1. The van der Waals surface area contributed by atoms with E-state index in [9.17, 15) is 18.0 Å². The lowest BCUT2D eigenvalue weighted by molar-refractivity contribution is -0.140. The summed E-state index contributed by atoms with van der Waals surface area (Å²) in [4.78, 5) is 28.0. The van der Waals surface area contributed by atoms with E-state index in [0.717, 1.165) is 21.7 Å². The summed E-state index contributed by atoms with van der Waals surface area (Å²) in [6.45, 7) is 8.77. The van der Waals surface area contributed by atoms with Crippen molar-refractivity contribution in [3.8, 4) is 11.5 Å². The van der Waals surface area contributed by atoms with Crippen LogP contribution in [0.2, 0.25) is 0 Å². The molecule has 2 amide bonds. The van der Waals surface area contributed by atoms with Crippen LogP contribution in [0.1, 0.15) is 38.8 Å². The summed E-state index contributed by atoms with van der Waals surface area (Å²) < 4.78 is 37.1. The molecule has 0 aromatic heterocycles. The van der Waals surface area contributed by atoms with Crippen molar-refractivity contribution in [2.75, 3.05) is 31.3 Å². The molecule has 0 bridgehead atoms. The van der Waals surface area contributed by atoms with Gasteiger partial charge in [0, 0.05) is 18.2 Å². The third-order valence-electron chi connectivity index (χ3n) is 5.47. The van der Waals surface area contributed by atoms with Crippen molar-refractivity contribution in [2.45, 2.75) is 52.7 Å². The Hall–Kier alpha value is -3.27. The van der Waals surface area contributed by atoms with E-state index in [0.29, 0.717) is 5.75 Å². The molecule has 1 N–H and O–H groups in total. The van der Waals surface area contributed by atoms with Gasteiger partial charge in [-0.15, -0.1) is 0 Å². The van der Waals surface area contributed by atoms with E-state index in [2.05, 4.69) is 5.32 Å². The first-order chi connectivity index (χ1) is 16.7. The van der Waals surface area contributed by atoms with Gasteiger partial charge in [0.2, 0.25) is 21.8 Å². The minimum absolute atomic E-state index is 0.134. The summed E-state index contributed by atoms with van der Waals surface area (Å²) >= 11 is 0. The number of hydrogen-bond donors (Lipinski definition) is 1. The molecule has 2 aromatic rings. The van der Waals surface area contributed by atoms with E-state index in [1.807, 2.05) is 52.0 Å². The van der Waals surface area contributed by atoms with Gasteiger partial charge in [-0.3, -0.25) is 13.9 Å². The minimum atomic E-state index is -3.89. The topological polar surface area (TPSA) is 105 Å². The van der Waals surface area contributed by atoms with Crippen molar-refractivity contribution in [2.24, 2.45) is 0 Å². The second-order valence-corrected chi connectivity index (χ2v) is 11.6. The maximum absolute atomic E-state index is 13.7. The Labute approximate surface area is 214 Å². The Morgan fingerprint density at radius 3 is 2.14 bits per heavy atom. The molecule has 1 unspecified atom stereocenters. The van der Waals surface area contributed by atoms with Crippen molar-refractivity contribution >= 4 is 27.5 Å². The Balaban J connectivity index is 2.47. The highest BCUT2D eigenvalue weighted by molar-refractivity contribution is 7.92. The van der Waals surface area contributed by atoms with Crippen LogP contribution in [0.25, 0.3) is 0 Å². The number of benzene rings is 2. The van der Waals surface area contributed by atoms with E-state index in [4.69, 9.17) is 9.47 Å². The predicted octanol–water partition coefficient (Wildman–Crippen LogP) is 3.11. The predicted molar refractivity (Wildman–Crippen MR) is 141 cm³/mol. The molecule has 0 fully saturated rings. The van der Waals surface area contributed by atoms with Crippen LogP contribution in [0, 0.1) is 6.92 Å². The fourth-order valence-corrected chi connectivity index (χ4v) is 4.39. The van der Waals surface area contributed by atoms with Crippen LogP contribution < -0.4 is 19.1 Å². The summed E-state index contributed by atoms with van der Waals surface area (Å²) in [5.41, 5.74) is 1.57. The average Bonchev–Trinajstić information content (AvgIpc) is 2.79. The zero-order chi connectivity index (χ0) is 27.3. The lowest BCUT2D eigenvalue weighted by Crippen LogP contribution is -2.54. The highest BCUT2D eigenvalue weighted by Gasteiger charge is 2.32. The van der Waals surface area contributed by atoms with Crippen LogP contribution in [-0.2, 0) is 26.2 Å². The fourth-order valence-electron chi connectivity index (χ4n) is 3.53. The largest absolute Gasteiger partial charge is 0.497 e. The Bertz CT molecular complexity index is 1170. The van der Waals surface area contributed by atoms with Gasteiger partial charge in [0.25, 0.3) is 0 Å². The molecule has 10 heteroatoms. The van der Waals surface area contributed by atoms with Crippen LogP contribution in [0.15, 0.2) is 42.5 Å². The Morgan fingerprint density at radius 2 is 1.64 bits per heavy atom. The van der Waals surface area contributed by atoms with Crippen LogP contribution >= 0.6 is 0 Å². The van der Waals surface area contributed by atoms with Crippen LogP contribution in [0.3, 0.4) is 0 Å². The molecule has 0 aliphatic rings. The SMILES string of the molecule is COc1ccc(N(CC(=O)N(Cc2ccc(C)cc2)C(C)C(=O)NC(C)(C)C)S(C)(=O)=O)c(OC)c1. The first-order valence-corrected chi connectivity index (χ1v) is 13.4. The van der Waals surface area contributed by atoms with Gasteiger partial charge in [-0.1, -0.05) is 29.8 Å². The molecule has 0 aliphatic heterocycles. The number of nitrogens with zero attached hydrogens (tertiary/aromatic N) is 2. The zero-order valence-electron chi connectivity index (χ0n) is 22.3. The van der Waals surface area contributed by atoms with Crippen molar-refractivity contribution in [3.05, 3.63) is 53.6 Å². The standard InChI is InChI=1S/C26H37N3O6S/c1-18-9-11-20(12-10-18)16-28(19(2)25(31)27-26(3,4)5)24(30)17-29(36(8,32)33)22-14-13-21(34-6)15-23(22)35-7/h9-15,19H,16-17H2,1-8H3,(H,27,31). The number of aryl methyl sites for hydroxylation is 1. The summed E-state index contributed by atoms with van der Waals surface area (Å²) in [5, 5.41) is 2.90. The zero-order valence-corrected chi connectivity index (χ0v) is 23.1. The van der Waals surface area contributed by atoms with E-state index in [1.165, 1.54) is 25.2 Å². The highest BCUT2D eigenvalue weighted by Crippen LogP contribution is 2.33. The molecular weight excluding hydrogens is 482 g/mol. The molecule has 36 heavy (non-hydrogen) atoms. The van der Waals surface area contributed by atoms with E-state index in [-0.39, 0.29) is 23.9 Å². The van der Waals surface area contributed by atoms with Crippen molar-refractivity contribution in [1.82, 2.24) is 10.2 Å². The number of nitrogens with one attached hydrogen (secondary N) is 1. The maximum atomic E-state index is 13.7. The maximum Gasteiger partial charge on any atom is 0.244 e. The molecule has 2 aromatic carbocycles. The number of sulfonamides is 1. The van der Waals surface area contributed by atoms with E-state index >= 15 is 0 Å². The van der Waals surface area contributed by atoms with Crippen molar-refractivity contribution in [1.29, 1.82) is 0 Å². The van der Waals surface area contributed by atoms with E-state index in [1.54, 1.807) is 19.1 Å². The number of methoxy groups -OCH3 is 2. The third-order valence-corrected chi connectivity index (χ3v) is 6.60. The first-order valence-electron chi connectivity index (χ1n) is 11.5. The fraction of sp³-hybridized carbons (Fsp3) is 0.462. The summed E-state index contributed by atoms with van der Waals surface area (Å²) in [5.74, 6) is -0.161. The van der Waals surface area contributed by atoms with Crippen LogP contribution in [-0.4, -0.2) is 63.7 Å². The first kappa shape index (κ1) is 29.0. The van der Waals surface area contributed by atoms with E-state index < -0.39 is 34.1 Å². The van der Waals surface area contributed by atoms with Crippen LogP contribution in [0.5, 0.6) is 11.5 Å². The molecule has 0 radical (unpaired) electrons. The second kappa shape index (κ2) is 11.6. The summed E-state index contributed by atoms with van der Waals surface area (Å²) in [7, 11) is -0.996. The molecule has 2 rings (SSSR count). The summed E-state index contributed by atoms with van der Waals surface area (Å²) in [6.07, 6.45) is 1.02. The molecule has 198 valence electrons. The second-order valence-electron chi connectivity index (χ2n) is 9.73. The summed E-state index contributed by atoms with van der Waals surface area (Å²) in [6, 6.07) is 11.4. The normalized spacial score (nSPS) is 12.4. The molecule has 0 spiro atoms. The number of rotatable bonds is 10.